The monoisotopic (exact) mass is 528 g/mol. The van der Waals surface area contributed by atoms with Gasteiger partial charge in [-0.15, -0.1) is 0 Å². The first-order valence-corrected chi connectivity index (χ1v) is 10.00. The van der Waals surface area contributed by atoms with Crippen LogP contribution in [0.25, 0.3) is 11.4 Å². The number of pyridine rings is 1. The largest absolute Gasteiger partial charge is 0.437 e. The van der Waals surface area contributed by atoms with E-state index in [9.17, 15) is 35.1 Å². The van der Waals surface area contributed by atoms with E-state index in [1.165, 1.54) is 24.5 Å². The van der Waals surface area contributed by atoms with E-state index >= 15 is 0 Å². The summed E-state index contributed by atoms with van der Waals surface area (Å²) in [5.74, 6) is -5.40. The topological polar surface area (TPSA) is 83.2 Å². The Kier molecular flexibility index (Phi) is 6.59. The first kappa shape index (κ1) is 25.6. The smallest absolute Gasteiger partial charge is 0.419 e. The normalized spacial score (nSPS) is 11.9. The van der Waals surface area contributed by atoms with Crippen LogP contribution in [-0.2, 0) is 12.4 Å². The first-order valence-electron chi connectivity index (χ1n) is 10.00. The van der Waals surface area contributed by atoms with Crippen molar-refractivity contribution in [2.45, 2.75) is 12.4 Å². The molecule has 0 bridgehead atoms. The number of hydrogen-bond acceptors (Lipinski definition) is 6. The number of hydrogen-bond donors (Lipinski definition) is 1. The molecule has 2 aromatic heterocycles. The van der Waals surface area contributed by atoms with Crippen molar-refractivity contribution in [3.63, 3.8) is 0 Å². The minimum atomic E-state index is -5.03. The van der Waals surface area contributed by atoms with E-state index < -0.39 is 64.1 Å². The van der Waals surface area contributed by atoms with E-state index in [0.717, 1.165) is 12.1 Å². The van der Waals surface area contributed by atoms with Gasteiger partial charge < -0.3 is 15.2 Å². The lowest BCUT2D eigenvalue weighted by Crippen LogP contribution is -2.09. The summed E-state index contributed by atoms with van der Waals surface area (Å²) >= 11 is 0. The van der Waals surface area contributed by atoms with Crippen molar-refractivity contribution in [1.82, 2.24) is 15.0 Å². The maximum Gasteiger partial charge on any atom is 0.419 e. The highest BCUT2D eigenvalue weighted by Gasteiger charge is 2.35. The molecule has 192 valence electrons. The molecule has 2 heterocycles. The third kappa shape index (κ3) is 5.68. The predicted octanol–water partition coefficient (Wildman–Crippen LogP) is 7.02. The van der Waals surface area contributed by atoms with Crippen molar-refractivity contribution in [2.24, 2.45) is 0 Å². The number of halogens is 8. The maximum atomic E-state index is 13.7. The van der Waals surface area contributed by atoms with Gasteiger partial charge in [0, 0.05) is 18.0 Å². The fourth-order valence-corrected chi connectivity index (χ4v) is 3.00. The summed E-state index contributed by atoms with van der Waals surface area (Å²) in [5, 5.41) is 0. The number of nitrogens with two attached hydrogens (primary N) is 1. The van der Waals surface area contributed by atoms with Gasteiger partial charge in [-0.05, 0) is 48.5 Å². The van der Waals surface area contributed by atoms with Gasteiger partial charge in [0.05, 0.1) is 11.1 Å². The average Bonchev–Trinajstić information content (AvgIpc) is 2.83. The van der Waals surface area contributed by atoms with Crippen molar-refractivity contribution >= 4 is 5.69 Å². The molecule has 0 amide bonds. The van der Waals surface area contributed by atoms with Gasteiger partial charge in [-0.3, -0.25) is 4.98 Å². The van der Waals surface area contributed by atoms with Gasteiger partial charge in [0.25, 0.3) is 11.8 Å². The third-order valence-corrected chi connectivity index (χ3v) is 4.71. The van der Waals surface area contributed by atoms with E-state index in [4.69, 9.17) is 15.2 Å². The molecule has 0 fully saturated rings. The van der Waals surface area contributed by atoms with E-state index in [1.54, 1.807) is 0 Å². The molecule has 0 radical (unpaired) electrons. The summed E-state index contributed by atoms with van der Waals surface area (Å²) < 4.78 is 117. The zero-order valence-electron chi connectivity index (χ0n) is 18.0. The Balaban J connectivity index is 1.80. The second-order valence-electron chi connectivity index (χ2n) is 7.30. The number of aromatic nitrogens is 3. The van der Waals surface area contributed by atoms with E-state index in [2.05, 4.69) is 15.0 Å². The number of nitrogen functional groups attached to an aromatic ring is 1. The van der Waals surface area contributed by atoms with Crippen LogP contribution in [0, 0.1) is 11.6 Å². The average molecular weight is 528 g/mol. The third-order valence-electron chi connectivity index (χ3n) is 4.71. The minimum absolute atomic E-state index is 0.177. The fraction of sp³-hybridized carbons (Fsp3) is 0.0870. The van der Waals surface area contributed by atoms with Gasteiger partial charge in [0.15, 0.2) is 11.5 Å². The molecule has 0 aliphatic rings. The molecule has 0 unspecified atom stereocenters. The Morgan fingerprint density at radius 1 is 0.703 bits per heavy atom. The number of rotatable bonds is 5. The molecule has 4 aromatic rings. The molecule has 2 aromatic carbocycles. The van der Waals surface area contributed by atoms with Gasteiger partial charge in [-0.2, -0.15) is 36.3 Å². The van der Waals surface area contributed by atoms with Gasteiger partial charge in [0.1, 0.15) is 23.1 Å². The first-order chi connectivity index (χ1) is 17.3. The molecular weight excluding hydrogens is 516 g/mol. The molecular formula is C23H12F8N4O2. The Labute approximate surface area is 202 Å². The Hall–Kier alpha value is -4.49. The second-order valence-corrected chi connectivity index (χ2v) is 7.30. The molecule has 14 heteroatoms. The van der Waals surface area contributed by atoms with Crippen molar-refractivity contribution in [1.29, 1.82) is 0 Å². The van der Waals surface area contributed by atoms with Crippen LogP contribution in [0.1, 0.15) is 11.1 Å². The predicted molar refractivity (Wildman–Crippen MR) is 113 cm³/mol. The zero-order valence-corrected chi connectivity index (χ0v) is 18.0. The van der Waals surface area contributed by atoms with E-state index in [-0.39, 0.29) is 11.4 Å². The Morgan fingerprint density at radius 3 is 1.59 bits per heavy atom. The van der Waals surface area contributed by atoms with Crippen molar-refractivity contribution < 1.29 is 44.6 Å². The fourth-order valence-electron chi connectivity index (χ4n) is 3.00. The van der Waals surface area contributed by atoms with Crippen LogP contribution < -0.4 is 15.2 Å². The molecule has 0 spiro atoms. The molecule has 37 heavy (non-hydrogen) atoms. The highest BCUT2D eigenvalue weighted by atomic mass is 19.4. The Bertz CT molecular complexity index is 1360. The number of alkyl halides is 6. The lowest BCUT2D eigenvalue weighted by atomic mass is 10.2. The van der Waals surface area contributed by atoms with Gasteiger partial charge in [-0.25, -0.2) is 8.78 Å². The summed E-state index contributed by atoms with van der Waals surface area (Å²) in [6.07, 6.45) is -7.34. The minimum Gasteiger partial charge on any atom is -0.437 e. The molecule has 0 aliphatic heterocycles. The van der Waals surface area contributed by atoms with Crippen LogP contribution in [0.4, 0.5) is 40.8 Å². The summed E-state index contributed by atoms with van der Waals surface area (Å²) in [6, 6.07) is 6.54. The van der Waals surface area contributed by atoms with Crippen molar-refractivity contribution in [2.75, 3.05) is 5.73 Å². The molecule has 0 saturated carbocycles. The van der Waals surface area contributed by atoms with E-state index in [0.29, 0.717) is 24.3 Å². The van der Waals surface area contributed by atoms with Crippen LogP contribution in [0.15, 0.2) is 60.9 Å². The van der Waals surface area contributed by atoms with Crippen LogP contribution in [0.3, 0.4) is 0 Å². The summed E-state index contributed by atoms with van der Waals surface area (Å²) in [5.41, 5.74) is 2.44. The van der Waals surface area contributed by atoms with Gasteiger partial charge >= 0.3 is 12.4 Å². The maximum absolute atomic E-state index is 13.7. The second kappa shape index (κ2) is 9.52. The highest BCUT2D eigenvalue weighted by Crippen LogP contribution is 2.40. The standard InChI is InChI=1S/C23H12F8N4O2/c24-16-5-3-12(8-14(16)22(26,27)28)36-20-18(32)21(35-19(34-20)11-2-1-7-33-10-11)37-13-4-6-17(25)15(9-13)23(29,30)31/h1-10H,32H2. The summed E-state index contributed by atoms with van der Waals surface area (Å²) in [4.78, 5) is 11.9. The quantitative estimate of drug-likeness (QED) is 0.280. The van der Waals surface area contributed by atoms with Crippen LogP contribution in [-0.4, -0.2) is 15.0 Å². The van der Waals surface area contributed by atoms with Gasteiger partial charge in [-0.1, -0.05) is 0 Å². The zero-order chi connectivity index (χ0) is 27.0. The molecule has 0 saturated heterocycles. The lowest BCUT2D eigenvalue weighted by Gasteiger charge is -2.15. The van der Waals surface area contributed by atoms with E-state index in [1.807, 2.05) is 0 Å². The number of benzene rings is 2. The summed E-state index contributed by atoms with van der Waals surface area (Å²) in [6.45, 7) is 0. The number of nitrogens with zero attached hydrogens (tertiary/aromatic N) is 3. The highest BCUT2D eigenvalue weighted by molar-refractivity contribution is 5.64. The number of ether oxygens (including phenoxy) is 2. The van der Waals surface area contributed by atoms with Gasteiger partial charge in [0.2, 0.25) is 0 Å². The molecule has 2 N–H and O–H groups in total. The molecule has 6 nitrogen and oxygen atoms in total. The lowest BCUT2D eigenvalue weighted by molar-refractivity contribution is -0.140. The molecule has 0 atom stereocenters. The summed E-state index contributed by atoms with van der Waals surface area (Å²) in [7, 11) is 0. The Morgan fingerprint density at radius 2 is 1.19 bits per heavy atom. The van der Waals surface area contributed by atoms with Crippen molar-refractivity contribution in [3.05, 3.63) is 83.7 Å². The van der Waals surface area contributed by atoms with Crippen molar-refractivity contribution in [3.8, 4) is 34.6 Å². The molecule has 0 aliphatic carbocycles. The SMILES string of the molecule is Nc1c(Oc2ccc(F)c(C(F)(F)F)c2)nc(-c2cccnc2)nc1Oc1ccc(F)c(C(F)(F)F)c1. The van der Waals surface area contributed by atoms with Crippen LogP contribution in [0.5, 0.6) is 23.3 Å². The molecule has 4 rings (SSSR count). The van der Waals surface area contributed by atoms with Crippen LogP contribution >= 0.6 is 0 Å². The van der Waals surface area contributed by atoms with Crippen LogP contribution in [0.2, 0.25) is 0 Å². The number of anilines is 1.